The summed E-state index contributed by atoms with van der Waals surface area (Å²) in [6, 6.07) is 0. The number of hydrogen-bond acceptors (Lipinski definition) is 5. The molecule has 5 rings (SSSR count). The molecule has 0 amide bonds. The zero-order valence-corrected chi connectivity index (χ0v) is 23.6. The Balaban J connectivity index is 1.28. The van der Waals surface area contributed by atoms with Gasteiger partial charge in [0.2, 0.25) is 0 Å². The second-order valence-electron chi connectivity index (χ2n) is 12.5. The predicted octanol–water partition coefficient (Wildman–Crippen LogP) is 6.43. The average molecular weight is 524 g/mol. The molecular formula is C32H45NO3S. The molecule has 202 valence electrons. The van der Waals surface area contributed by atoms with Crippen LogP contribution in [-0.4, -0.2) is 38.6 Å². The summed E-state index contributed by atoms with van der Waals surface area (Å²) < 4.78 is 0. The van der Waals surface area contributed by atoms with Gasteiger partial charge in [0.05, 0.1) is 29.4 Å². The third-order valence-electron chi connectivity index (χ3n) is 10.2. The maximum absolute atomic E-state index is 11.2. The number of fused-ring (bicyclic) bond motifs is 1. The lowest BCUT2D eigenvalue weighted by Gasteiger charge is -2.44. The van der Waals surface area contributed by atoms with Gasteiger partial charge in [0, 0.05) is 11.8 Å². The molecule has 37 heavy (non-hydrogen) atoms. The van der Waals surface area contributed by atoms with Crippen molar-refractivity contribution in [1.29, 1.82) is 0 Å². The number of allylic oxidation sites excluding steroid dienone is 4. The topological polar surface area (TPSA) is 73.6 Å². The van der Waals surface area contributed by atoms with Gasteiger partial charge in [-0.2, -0.15) is 0 Å². The summed E-state index contributed by atoms with van der Waals surface area (Å²) in [7, 11) is 0. The zero-order valence-electron chi connectivity index (χ0n) is 22.8. The van der Waals surface area contributed by atoms with Crippen LogP contribution in [0.15, 0.2) is 53.0 Å². The van der Waals surface area contributed by atoms with Crippen LogP contribution in [0.3, 0.4) is 0 Å². The highest BCUT2D eigenvalue weighted by Gasteiger charge is 2.53. The van der Waals surface area contributed by atoms with E-state index in [-0.39, 0.29) is 10.8 Å². The van der Waals surface area contributed by atoms with E-state index in [0.29, 0.717) is 30.6 Å². The molecule has 0 saturated heterocycles. The Labute approximate surface area is 226 Å². The molecule has 1 heterocycles. The second kappa shape index (κ2) is 10.6. The van der Waals surface area contributed by atoms with Crippen LogP contribution in [0.2, 0.25) is 0 Å². The van der Waals surface area contributed by atoms with E-state index in [1.807, 2.05) is 0 Å². The number of aliphatic hydroxyl groups is 3. The lowest BCUT2D eigenvalue weighted by molar-refractivity contribution is 0.0862. The molecule has 5 heteroatoms. The second-order valence-corrected chi connectivity index (χ2v) is 13.4. The van der Waals surface area contributed by atoms with E-state index in [1.165, 1.54) is 31.3 Å². The summed E-state index contributed by atoms with van der Waals surface area (Å²) in [5, 5.41) is 34.8. The van der Waals surface area contributed by atoms with Crippen molar-refractivity contribution in [3.63, 3.8) is 0 Å². The standard InChI is InChI=1S/C32H45NO3S/c1-5-24-19-37-30(33-24)32(15-16-32)29(36)13-8-20(2)26-11-12-27-22(7-6-14-31(26,27)4)9-10-23-17-25(34)18-28(35)21(23)3/h8-10,13,19-20,25-29,34-36H,3,5-7,11-12,14-18H2,1-2,4H3/t20-,25+,26+,27-,28-,29+,31+/m0/s1. The smallest absolute Gasteiger partial charge is 0.102 e. The van der Waals surface area contributed by atoms with Crippen LogP contribution in [-0.2, 0) is 11.8 Å². The number of aryl methyl sites for hydroxylation is 1. The Bertz CT molecular complexity index is 1100. The van der Waals surface area contributed by atoms with Crippen LogP contribution in [0.1, 0.15) is 89.3 Å². The highest BCUT2D eigenvalue weighted by Crippen LogP contribution is 2.60. The number of hydrogen-bond donors (Lipinski definition) is 3. The third-order valence-corrected chi connectivity index (χ3v) is 11.3. The fraction of sp³-hybridized carbons (Fsp3) is 0.656. The van der Waals surface area contributed by atoms with Crippen molar-refractivity contribution in [2.45, 2.75) is 109 Å². The van der Waals surface area contributed by atoms with E-state index in [9.17, 15) is 15.3 Å². The highest BCUT2D eigenvalue weighted by molar-refractivity contribution is 7.09. The highest BCUT2D eigenvalue weighted by atomic mass is 32.1. The van der Waals surface area contributed by atoms with Gasteiger partial charge in [-0.25, -0.2) is 4.98 Å². The summed E-state index contributed by atoms with van der Waals surface area (Å²) in [4.78, 5) is 4.81. The summed E-state index contributed by atoms with van der Waals surface area (Å²) in [6.45, 7) is 11.1. The first-order valence-electron chi connectivity index (χ1n) is 14.4. The van der Waals surface area contributed by atoms with E-state index < -0.39 is 18.3 Å². The molecule has 4 nitrogen and oxygen atoms in total. The van der Waals surface area contributed by atoms with Crippen LogP contribution < -0.4 is 0 Å². The molecule has 1 aromatic heterocycles. The van der Waals surface area contributed by atoms with Gasteiger partial charge < -0.3 is 15.3 Å². The van der Waals surface area contributed by atoms with Gasteiger partial charge >= 0.3 is 0 Å². The largest absolute Gasteiger partial charge is 0.393 e. The van der Waals surface area contributed by atoms with Crippen LogP contribution in [0, 0.1) is 23.2 Å². The number of aromatic nitrogens is 1. The van der Waals surface area contributed by atoms with Gasteiger partial charge in [0.15, 0.2) is 0 Å². The molecular weight excluding hydrogens is 478 g/mol. The molecule has 0 bridgehead atoms. The van der Waals surface area contributed by atoms with Gasteiger partial charge in [-0.05, 0) is 92.1 Å². The van der Waals surface area contributed by atoms with Crippen molar-refractivity contribution < 1.29 is 15.3 Å². The molecule has 0 radical (unpaired) electrons. The Kier molecular flexibility index (Phi) is 7.72. The molecule has 0 aromatic carbocycles. The van der Waals surface area contributed by atoms with Crippen molar-refractivity contribution in [3.05, 3.63) is 63.7 Å². The van der Waals surface area contributed by atoms with Gasteiger partial charge in [-0.1, -0.05) is 57.2 Å². The molecule has 4 saturated carbocycles. The minimum atomic E-state index is -0.636. The minimum Gasteiger partial charge on any atom is -0.393 e. The van der Waals surface area contributed by atoms with E-state index in [0.717, 1.165) is 47.5 Å². The quantitative estimate of drug-likeness (QED) is 0.360. The van der Waals surface area contributed by atoms with Crippen LogP contribution in [0.25, 0.3) is 0 Å². The van der Waals surface area contributed by atoms with E-state index in [2.05, 4.69) is 57.0 Å². The van der Waals surface area contributed by atoms with Crippen LogP contribution in [0.5, 0.6) is 0 Å². The maximum Gasteiger partial charge on any atom is 0.102 e. The minimum absolute atomic E-state index is 0.158. The molecule has 7 atom stereocenters. The number of rotatable bonds is 7. The summed E-state index contributed by atoms with van der Waals surface area (Å²) in [5.74, 6) is 1.60. The third kappa shape index (κ3) is 5.09. The number of thiazole rings is 1. The van der Waals surface area contributed by atoms with Crippen molar-refractivity contribution in [3.8, 4) is 0 Å². The molecule has 4 fully saturated rings. The molecule has 0 unspecified atom stereocenters. The fourth-order valence-electron chi connectivity index (χ4n) is 7.68. The fourth-order valence-corrected chi connectivity index (χ4v) is 8.87. The summed E-state index contributed by atoms with van der Waals surface area (Å²) >= 11 is 1.71. The Morgan fingerprint density at radius 3 is 2.68 bits per heavy atom. The lowest BCUT2D eigenvalue weighted by atomic mass is 9.61. The number of nitrogens with zero attached hydrogens (tertiary/aromatic N) is 1. The molecule has 1 aromatic rings. The molecule has 4 aliphatic carbocycles. The average Bonchev–Trinajstić information content (AvgIpc) is 3.39. The molecule has 4 aliphatic rings. The van der Waals surface area contributed by atoms with E-state index in [1.54, 1.807) is 11.3 Å². The Morgan fingerprint density at radius 2 is 1.97 bits per heavy atom. The Hall–Kier alpha value is -1.53. The molecule has 3 N–H and O–H groups in total. The van der Waals surface area contributed by atoms with Gasteiger partial charge in [-0.15, -0.1) is 11.3 Å². The first-order chi connectivity index (χ1) is 17.7. The predicted molar refractivity (Wildman–Crippen MR) is 151 cm³/mol. The summed E-state index contributed by atoms with van der Waals surface area (Å²) in [5.41, 5.74) is 4.52. The van der Waals surface area contributed by atoms with Crippen molar-refractivity contribution in [2.24, 2.45) is 23.2 Å². The Morgan fingerprint density at radius 1 is 1.19 bits per heavy atom. The van der Waals surface area contributed by atoms with E-state index in [4.69, 9.17) is 4.98 Å². The van der Waals surface area contributed by atoms with Crippen molar-refractivity contribution in [1.82, 2.24) is 4.98 Å². The normalized spacial score (nSPS) is 37.3. The zero-order chi connectivity index (χ0) is 26.4. The maximum atomic E-state index is 11.2. The van der Waals surface area contributed by atoms with Crippen molar-refractivity contribution >= 4 is 11.3 Å². The van der Waals surface area contributed by atoms with Crippen LogP contribution in [0.4, 0.5) is 0 Å². The first-order valence-corrected chi connectivity index (χ1v) is 15.3. The number of aliphatic hydroxyl groups excluding tert-OH is 3. The van der Waals surface area contributed by atoms with Crippen LogP contribution >= 0.6 is 11.3 Å². The van der Waals surface area contributed by atoms with E-state index >= 15 is 0 Å². The van der Waals surface area contributed by atoms with Crippen molar-refractivity contribution in [2.75, 3.05) is 0 Å². The SMILES string of the molecule is C=C1C(=CC=C2CCC[C@]3(C)[C@@H]([C@@H](C)C=C[C@@H](O)C4(c5nc(CC)cs5)CC4)CC[C@@H]23)C[C@@H](O)C[C@@H]1O. The monoisotopic (exact) mass is 523 g/mol. The van der Waals surface area contributed by atoms with Gasteiger partial charge in [0.25, 0.3) is 0 Å². The van der Waals surface area contributed by atoms with Gasteiger partial charge in [-0.3, -0.25) is 0 Å². The summed E-state index contributed by atoms with van der Waals surface area (Å²) in [6.07, 6.45) is 17.2. The lowest BCUT2D eigenvalue weighted by Crippen LogP contribution is -2.35. The van der Waals surface area contributed by atoms with Gasteiger partial charge in [0.1, 0.15) is 5.01 Å². The molecule has 0 spiro atoms. The molecule has 0 aliphatic heterocycles. The first kappa shape index (κ1) is 27.1.